The highest BCUT2D eigenvalue weighted by Gasteiger charge is 2.46. The molecule has 1 aliphatic carbocycles. The Bertz CT molecular complexity index is 606. The summed E-state index contributed by atoms with van der Waals surface area (Å²) in [7, 11) is 0. The lowest BCUT2D eigenvalue weighted by Gasteiger charge is -2.30. The molecular weight excluding hydrogens is 284 g/mol. The van der Waals surface area contributed by atoms with Crippen molar-refractivity contribution in [3.63, 3.8) is 0 Å². The van der Waals surface area contributed by atoms with Gasteiger partial charge in [0.15, 0.2) is 0 Å². The maximum atomic E-state index is 12.6. The molecule has 0 bridgehead atoms. The minimum atomic E-state index is -0.0420. The SMILES string of the molecule is CC(C)=CC1CCC(C(=O)OCc2ccc(C)cc2C)C1(C)C. The van der Waals surface area contributed by atoms with Crippen molar-refractivity contribution < 1.29 is 9.53 Å². The number of rotatable bonds is 4. The van der Waals surface area contributed by atoms with Crippen molar-refractivity contribution in [3.8, 4) is 0 Å². The van der Waals surface area contributed by atoms with Gasteiger partial charge in [0.1, 0.15) is 6.61 Å². The van der Waals surface area contributed by atoms with Crippen LogP contribution in [0.4, 0.5) is 0 Å². The highest BCUT2D eigenvalue weighted by atomic mass is 16.5. The fourth-order valence-electron chi connectivity index (χ4n) is 3.73. The Morgan fingerprint density at radius 1 is 1.26 bits per heavy atom. The fourth-order valence-corrected chi connectivity index (χ4v) is 3.73. The topological polar surface area (TPSA) is 26.3 Å². The van der Waals surface area contributed by atoms with E-state index < -0.39 is 0 Å². The Balaban J connectivity index is 2.02. The summed E-state index contributed by atoms with van der Waals surface area (Å²) in [6, 6.07) is 6.26. The molecule has 0 heterocycles. The Morgan fingerprint density at radius 2 is 1.96 bits per heavy atom. The molecule has 2 heteroatoms. The molecule has 1 aromatic carbocycles. The lowest BCUT2D eigenvalue weighted by molar-refractivity contribution is -0.153. The van der Waals surface area contributed by atoms with Crippen LogP contribution in [0.1, 0.15) is 57.2 Å². The van der Waals surface area contributed by atoms with Crippen molar-refractivity contribution in [3.05, 3.63) is 46.5 Å². The summed E-state index contributed by atoms with van der Waals surface area (Å²) in [6.45, 7) is 13.2. The van der Waals surface area contributed by atoms with Gasteiger partial charge in [-0.05, 0) is 63.0 Å². The molecule has 126 valence electrons. The number of hydrogen-bond donors (Lipinski definition) is 0. The monoisotopic (exact) mass is 314 g/mol. The van der Waals surface area contributed by atoms with E-state index in [1.54, 1.807) is 0 Å². The molecule has 2 unspecified atom stereocenters. The summed E-state index contributed by atoms with van der Waals surface area (Å²) < 4.78 is 5.66. The van der Waals surface area contributed by atoms with E-state index in [9.17, 15) is 4.79 Å². The van der Waals surface area contributed by atoms with Gasteiger partial charge in [0.05, 0.1) is 5.92 Å². The van der Waals surface area contributed by atoms with E-state index in [1.165, 1.54) is 16.7 Å². The van der Waals surface area contributed by atoms with Crippen LogP contribution in [0.5, 0.6) is 0 Å². The third-order valence-corrected chi connectivity index (χ3v) is 5.31. The molecule has 2 rings (SSSR count). The molecule has 1 fully saturated rings. The minimum absolute atomic E-state index is 0.00569. The van der Waals surface area contributed by atoms with E-state index >= 15 is 0 Å². The first-order valence-electron chi connectivity index (χ1n) is 8.59. The highest BCUT2D eigenvalue weighted by molar-refractivity contribution is 5.74. The largest absolute Gasteiger partial charge is 0.461 e. The standard InChI is InChI=1S/C21H30O2/c1-14(2)11-18-9-10-19(21(18,5)6)20(22)23-13-17-8-7-15(3)12-16(17)4/h7-8,11-12,18-19H,9-10,13H2,1-6H3. The van der Waals surface area contributed by atoms with E-state index in [1.807, 2.05) is 0 Å². The van der Waals surface area contributed by atoms with Crippen LogP contribution in [0.25, 0.3) is 0 Å². The van der Waals surface area contributed by atoms with Gasteiger partial charge >= 0.3 is 5.97 Å². The van der Waals surface area contributed by atoms with Gasteiger partial charge in [-0.2, -0.15) is 0 Å². The molecule has 0 N–H and O–H groups in total. The molecule has 0 saturated heterocycles. The Hall–Kier alpha value is -1.57. The molecule has 0 amide bonds. The summed E-state index contributed by atoms with van der Waals surface area (Å²) in [4.78, 5) is 12.6. The predicted octanol–water partition coefficient (Wildman–Crippen LogP) is 5.37. The number of ether oxygens (including phenoxy) is 1. The average molecular weight is 314 g/mol. The van der Waals surface area contributed by atoms with Crippen molar-refractivity contribution in [2.75, 3.05) is 0 Å². The number of carbonyl (C=O) groups is 1. The Kier molecular flexibility index (Phi) is 5.33. The van der Waals surface area contributed by atoms with E-state index in [4.69, 9.17) is 4.74 Å². The number of benzene rings is 1. The zero-order chi connectivity index (χ0) is 17.2. The fraction of sp³-hybridized carbons (Fsp3) is 0.571. The van der Waals surface area contributed by atoms with E-state index in [0.29, 0.717) is 12.5 Å². The number of esters is 1. The quantitative estimate of drug-likeness (QED) is 0.552. The molecule has 0 aromatic heterocycles. The molecule has 2 atom stereocenters. The Morgan fingerprint density at radius 3 is 2.57 bits per heavy atom. The van der Waals surface area contributed by atoms with Gasteiger partial charge < -0.3 is 4.74 Å². The second-order valence-electron chi connectivity index (χ2n) is 7.84. The highest BCUT2D eigenvalue weighted by Crippen LogP contribution is 2.49. The van der Waals surface area contributed by atoms with Gasteiger partial charge in [-0.25, -0.2) is 0 Å². The normalized spacial score (nSPS) is 22.7. The first kappa shape index (κ1) is 17.8. The van der Waals surface area contributed by atoms with E-state index in [2.05, 4.69) is 65.8 Å². The van der Waals surface area contributed by atoms with E-state index in [-0.39, 0.29) is 17.3 Å². The molecule has 0 aliphatic heterocycles. The summed E-state index contributed by atoms with van der Waals surface area (Å²) >= 11 is 0. The lowest BCUT2D eigenvalue weighted by Crippen LogP contribution is -2.31. The van der Waals surface area contributed by atoms with Crippen LogP contribution in [0.3, 0.4) is 0 Å². The smallest absolute Gasteiger partial charge is 0.309 e. The average Bonchev–Trinajstić information content (AvgIpc) is 2.72. The van der Waals surface area contributed by atoms with Crippen LogP contribution in [0, 0.1) is 31.1 Å². The number of hydrogen-bond acceptors (Lipinski definition) is 2. The van der Waals surface area contributed by atoms with Crippen LogP contribution in [-0.4, -0.2) is 5.97 Å². The maximum absolute atomic E-state index is 12.6. The maximum Gasteiger partial charge on any atom is 0.309 e. The molecule has 23 heavy (non-hydrogen) atoms. The van der Waals surface area contributed by atoms with Crippen LogP contribution >= 0.6 is 0 Å². The van der Waals surface area contributed by atoms with Crippen LogP contribution < -0.4 is 0 Å². The summed E-state index contributed by atoms with van der Waals surface area (Å²) in [6.07, 6.45) is 4.31. The molecule has 0 radical (unpaired) electrons. The van der Waals surface area contributed by atoms with Crippen LogP contribution in [-0.2, 0) is 16.1 Å². The third kappa shape index (κ3) is 4.04. The van der Waals surface area contributed by atoms with Crippen molar-refractivity contribution in [2.24, 2.45) is 17.3 Å². The van der Waals surface area contributed by atoms with Crippen molar-refractivity contribution in [2.45, 2.75) is 61.0 Å². The predicted molar refractivity (Wildman–Crippen MR) is 95.1 cm³/mol. The second-order valence-corrected chi connectivity index (χ2v) is 7.84. The van der Waals surface area contributed by atoms with Crippen molar-refractivity contribution >= 4 is 5.97 Å². The van der Waals surface area contributed by atoms with Gasteiger partial charge in [0.2, 0.25) is 0 Å². The van der Waals surface area contributed by atoms with Gasteiger partial charge in [-0.1, -0.05) is 49.3 Å². The van der Waals surface area contributed by atoms with Gasteiger partial charge in [0, 0.05) is 0 Å². The minimum Gasteiger partial charge on any atom is -0.461 e. The summed E-state index contributed by atoms with van der Waals surface area (Å²) in [5, 5.41) is 0. The Labute approximate surface area is 140 Å². The molecule has 1 aliphatic rings. The first-order chi connectivity index (χ1) is 10.7. The number of carbonyl (C=O) groups excluding carboxylic acids is 1. The number of aryl methyl sites for hydroxylation is 2. The zero-order valence-electron chi connectivity index (χ0n) is 15.4. The molecule has 1 aromatic rings. The molecule has 0 spiro atoms. The first-order valence-corrected chi connectivity index (χ1v) is 8.59. The zero-order valence-corrected chi connectivity index (χ0v) is 15.4. The van der Waals surface area contributed by atoms with Crippen LogP contribution in [0.15, 0.2) is 29.8 Å². The lowest BCUT2D eigenvalue weighted by atomic mass is 9.75. The molecular formula is C21H30O2. The van der Waals surface area contributed by atoms with Gasteiger partial charge in [0.25, 0.3) is 0 Å². The number of allylic oxidation sites excluding steroid dienone is 2. The van der Waals surface area contributed by atoms with Crippen molar-refractivity contribution in [1.29, 1.82) is 0 Å². The summed E-state index contributed by atoms with van der Waals surface area (Å²) in [5.74, 6) is 0.416. The summed E-state index contributed by atoms with van der Waals surface area (Å²) in [5.41, 5.74) is 4.81. The molecule has 1 saturated carbocycles. The third-order valence-electron chi connectivity index (χ3n) is 5.31. The van der Waals surface area contributed by atoms with Gasteiger partial charge in [-0.15, -0.1) is 0 Å². The van der Waals surface area contributed by atoms with Crippen LogP contribution in [0.2, 0.25) is 0 Å². The second kappa shape index (κ2) is 6.90. The van der Waals surface area contributed by atoms with Crippen molar-refractivity contribution in [1.82, 2.24) is 0 Å². The van der Waals surface area contributed by atoms with Gasteiger partial charge in [-0.3, -0.25) is 4.79 Å². The van der Waals surface area contributed by atoms with E-state index in [0.717, 1.165) is 18.4 Å². The molecule has 2 nitrogen and oxygen atoms in total.